The lowest BCUT2D eigenvalue weighted by Crippen LogP contribution is -2.59. The molecule has 0 aromatic carbocycles. The predicted octanol–water partition coefficient (Wildman–Crippen LogP) is 5.31. The van der Waals surface area contributed by atoms with Gasteiger partial charge in [0.05, 0.1) is 18.3 Å². The molecule has 17 heteroatoms. The highest BCUT2D eigenvalue weighted by Gasteiger charge is 2.68. The van der Waals surface area contributed by atoms with E-state index in [2.05, 4.69) is 47.6 Å². The summed E-state index contributed by atoms with van der Waals surface area (Å²) in [5.41, 5.74) is -0.102. The topological polar surface area (TPSA) is 289 Å². The van der Waals surface area contributed by atoms with Crippen molar-refractivity contribution in [2.45, 2.75) is 187 Å². The minimum atomic E-state index is -2.38. The number of methoxy groups -OCH3 is 1. The number of hydrogen-bond acceptors (Lipinski definition) is 17. The lowest BCUT2D eigenvalue weighted by atomic mass is 9.39. The fourth-order valence-corrected chi connectivity index (χ4v) is 12.6. The van der Waals surface area contributed by atoms with E-state index in [0.717, 1.165) is 32.1 Å². The van der Waals surface area contributed by atoms with Gasteiger partial charge in [-0.05, 0) is 111 Å². The predicted molar refractivity (Wildman–Crippen MR) is 241 cm³/mol. The molecule has 1 aliphatic heterocycles. The number of hydrogen-bond donors (Lipinski definition) is 12. The van der Waals surface area contributed by atoms with E-state index < -0.39 is 116 Å². The third-order valence-electron chi connectivity index (χ3n) is 17.3. The van der Waals surface area contributed by atoms with Crippen molar-refractivity contribution in [2.75, 3.05) is 26.9 Å². The lowest BCUT2D eigenvalue weighted by molar-refractivity contribution is -0.217. The summed E-state index contributed by atoms with van der Waals surface area (Å²) in [5.74, 6) is -3.96. The fraction of sp³-hybridized carbons (Fsp3) is 0.837. The summed E-state index contributed by atoms with van der Waals surface area (Å²) in [7, 11) is 1.19. The lowest BCUT2D eigenvalue weighted by Gasteiger charge is -2.66. The summed E-state index contributed by atoms with van der Waals surface area (Å²) in [5, 5.41) is 128. The van der Waals surface area contributed by atoms with E-state index in [4.69, 9.17) is 28.8 Å². The molecule has 0 aromatic heterocycles. The minimum Gasteiger partial charge on any atom is -0.506 e. The molecule has 0 saturated heterocycles. The molecule has 3 fully saturated rings. The van der Waals surface area contributed by atoms with Gasteiger partial charge in [0.1, 0.15) is 24.4 Å². The van der Waals surface area contributed by atoms with Crippen LogP contribution < -0.4 is 0 Å². The highest BCUT2D eigenvalue weighted by atomic mass is 16.7. The van der Waals surface area contributed by atoms with Crippen molar-refractivity contribution < 1.29 is 85.0 Å². The van der Waals surface area contributed by atoms with E-state index in [1.54, 1.807) is 5.57 Å². The third-order valence-corrected chi connectivity index (χ3v) is 17.3. The molecule has 3 saturated carbocycles. The van der Waals surface area contributed by atoms with E-state index in [-0.39, 0.29) is 53.3 Å². The first-order valence-corrected chi connectivity index (χ1v) is 23.9. The summed E-state index contributed by atoms with van der Waals surface area (Å²) in [6.07, 6.45) is -4.50. The highest BCUT2D eigenvalue weighted by Crippen LogP contribution is 2.75. The first kappa shape index (κ1) is 54.3. The summed E-state index contributed by atoms with van der Waals surface area (Å²) >= 11 is 0. The number of aliphatic hydroxyl groups is 12. The van der Waals surface area contributed by atoms with Gasteiger partial charge in [0, 0.05) is 45.5 Å². The van der Waals surface area contributed by atoms with Crippen molar-refractivity contribution >= 4 is 0 Å². The molecule has 380 valence electrons. The second-order valence-corrected chi connectivity index (χ2v) is 21.6. The maximum atomic E-state index is 11.8. The zero-order valence-corrected chi connectivity index (χ0v) is 40.5. The summed E-state index contributed by atoms with van der Waals surface area (Å²) < 4.78 is 29.5. The average Bonchev–Trinajstić information content (AvgIpc) is 3.53. The number of allylic oxidation sites excluding steroid dienone is 2. The highest BCUT2D eigenvalue weighted by molar-refractivity contribution is 5.30. The van der Waals surface area contributed by atoms with Gasteiger partial charge in [0.15, 0.2) is 28.8 Å². The Balaban J connectivity index is 1.50. The number of fused-ring (bicyclic) bond motifs is 5. The first-order valence-electron chi connectivity index (χ1n) is 23.9. The normalized spacial score (nSPS) is 39.4. The second kappa shape index (κ2) is 21.1. The van der Waals surface area contributed by atoms with Gasteiger partial charge in [-0.25, -0.2) is 0 Å². The van der Waals surface area contributed by atoms with Crippen LogP contribution >= 0.6 is 0 Å². The van der Waals surface area contributed by atoms with Crippen LogP contribution in [-0.4, -0.2) is 143 Å². The summed E-state index contributed by atoms with van der Waals surface area (Å²) in [6, 6.07) is 0. The standard InChI is InChI=1S/C49H82O17/c1-26-10-11-28-27(45(26,2)3)12-14-34-47(28,6)21-22-48(7)29(16-20-49(34,48)8)33-13-15-35(46(4,5)61)65-44(62-9)41(66-43(60)39(58)40(64-33)32(54)18-24-51)37(56)31(53)19-25-63-42(59)38(57)36(55)30(52)17-23-50/h12,26,28-35,42-44,50-61H,10-11,13-25H2,1-9H3/b38-36-,40-39-,41-37-/t26-,28?,29+,30?,31?,32?,33+,34?,35?,42?,43?,44?,47-,48+,49-/m0/s1. The smallest absolute Gasteiger partial charge is 0.259 e. The van der Waals surface area contributed by atoms with Crippen LogP contribution in [0.4, 0.5) is 0 Å². The number of aliphatic hydroxyl groups excluding tert-OH is 11. The largest absolute Gasteiger partial charge is 0.506 e. The molecule has 9 unspecified atom stereocenters. The van der Waals surface area contributed by atoms with Crippen molar-refractivity contribution in [3.8, 4) is 0 Å². The van der Waals surface area contributed by atoms with Crippen LogP contribution in [0.2, 0.25) is 0 Å². The Morgan fingerprint density at radius 3 is 2.12 bits per heavy atom. The third kappa shape index (κ3) is 10.4. The van der Waals surface area contributed by atoms with Gasteiger partial charge < -0.3 is 85.0 Å². The van der Waals surface area contributed by atoms with Gasteiger partial charge in [0.25, 0.3) is 6.29 Å². The van der Waals surface area contributed by atoms with E-state index in [1.807, 2.05) is 0 Å². The quantitative estimate of drug-likeness (QED) is 0.0563. The van der Waals surface area contributed by atoms with Gasteiger partial charge in [-0.3, -0.25) is 0 Å². The molecule has 0 radical (unpaired) electrons. The van der Waals surface area contributed by atoms with Gasteiger partial charge in [-0.1, -0.05) is 53.2 Å². The van der Waals surface area contributed by atoms with E-state index in [9.17, 15) is 56.2 Å². The van der Waals surface area contributed by atoms with Crippen molar-refractivity contribution in [1.82, 2.24) is 0 Å². The molecule has 4 aliphatic carbocycles. The zero-order valence-electron chi connectivity index (χ0n) is 40.5. The fourth-order valence-electron chi connectivity index (χ4n) is 12.6. The molecular formula is C49H82O17. The monoisotopic (exact) mass is 943 g/mol. The molecule has 12 N–H and O–H groups in total. The van der Waals surface area contributed by atoms with Crippen LogP contribution in [-0.2, 0) is 23.7 Å². The molecule has 0 amide bonds. The van der Waals surface area contributed by atoms with Crippen LogP contribution in [0.3, 0.4) is 0 Å². The van der Waals surface area contributed by atoms with Crippen molar-refractivity contribution in [1.29, 1.82) is 0 Å². The molecule has 5 aliphatic rings. The maximum absolute atomic E-state index is 11.8. The summed E-state index contributed by atoms with van der Waals surface area (Å²) in [6.45, 7) is 15.9. The Hall–Kier alpha value is -2.68. The number of ether oxygens (including phenoxy) is 5. The summed E-state index contributed by atoms with van der Waals surface area (Å²) in [4.78, 5) is 0. The molecule has 0 aromatic rings. The van der Waals surface area contributed by atoms with Crippen LogP contribution in [0, 0.1) is 45.3 Å². The van der Waals surface area contributed by atoms with E-state index >= 15 is 0 Å². The minimum absolute atomic E-state index is 0.101. The van der Waals surface area contributed by atoms with E-state index in [0.29, 0.717) is 17.8 Å². The number of rotatable bonds is 15. The molecule has 17 nitrogen and oxygen atoms in total. The van der Waals surface area contributed by atoms with Gasteiger partial charge >= 0.3 is 0 Å². The molecule has 0 spiro atoms. The Kier molecular flexibility index (Phi) is 17.4. The van der Waals surface area contributed by atoms with Crippen molar-refractivity contribution in [3.05, 3.63) is 46.2 Å². The molecule has 15 atom stereocenters. The van der Waals surface area contributed by atoms with Gasteiger partial charge in [-0.15, -0.1) is 0 Å². The van der Waals surface area contributed by atoms with Crippen molar-refractivity contribution in [2.24, 2.45) is 45.3 Å². The molecule has 5 rings (SSSR count). The second-order valence-electron chi connectivity index (χ2n) is 21.6. The van der Waals surface area contributed by atoms with Crippen LogP contribution in [0.15, 0.2) is 46.2 Å². The molecule has 66 heavy (non-hydrogen) atoms. The SMILES string of the molecule is COC1OC(C(C)(C)O)CC[C@H]([C@H]2CC[C@@]3(C)C4CC=C5C(CC[C@H](C)C5(C)C)[C@]4(C)CC[C@]23C)O/C(C(O)CCO)=C(\O)C(O)O/C1=C(\O)C(O)CCOC(O)/C(O)=C(/O)C(O)CCO. The van der Waals surface area contributed by atoms with E-state index in [1.165, 1.54) is 33.8 Å². The molecule has 0 bridgehead atoms. The first-order chi connectivity index (χ1) is 30.7. The Morgan fingerprint density at radius 1 is 0.833 bits per heavy atom. The van der Waals surface area contributed by atoms with Crippen LogP contribution in [0.5, 0.6) is 0 Å². The Labute approximate surface area is 390 Å². The molecule has 1 heterocycles. The van der Waals surface area contributed by atoms with Gasteiger partial charge in [-0.2, -0.15) is 0 Å². The van der Waals surface area contributed by atoms with Crippen LogP contribution in [0.1, 0.15) is 132 Å². The Morgan fingerprint density at radius 2 is 1.50 bits per heavy atom. The van der Waals surface area contributed by atoms with Crippen molar-refractivity contribution in [3.63, 3.8) is 0 Å². The van der Waals surface area contributed by atoms with Crippen LogP contribution in [0.25, 0.3) is 0 Å². The zero-order chi connectivity index (χ0) is 49.3. The molecular weight excluding hydrogens is 861 g/mol. The average molecular weight is 943 g/mol. The van der Waals surface area contributed by atoms with Gasteiger partial charge in [0.2, 0.25) is 18.3 Å². The Bertz CT molecular complexity index is 1790. The maximum Gasteiger partial charge on any atom is 0.259 e.